The lowest BCUT2D eigenvalue weighted by atomic mass is 10.1. The summed E-state index contributed by atoms with van der Waals surface area (Å²) in [7, 11) is 0. The predicted octanol–water partition coefficient (Wildman–Crippen LogP) is 0.765. The van der Waals surface area contributed by atoms with Gasteiger partial charge in [-0.2, -0.15) is 0 Å². The molecule has 3 amide bonds. The van der Waals surface area contributed by atoms with E-state index in [0.717, 1.165) is 24.9 Å². The Balaban J connectivity index is 1.55. The maximum Gasteiger partial charge on any atom is 0.268 e. The van der Waals surface area contributed by atoms with E-state index in [2.05, 4.69) is 39.6 Å². The normalized spacial score (nSPS) is 15.9. The van der Waals surface area contributed by atoms with Crippen molar-refractivity contribution < 1.29 is 24.7 Å². The quantitative estimate of drug-likeness (QED) is 0.208. The first-order chi connectivity index (χ1) is 16.9. The highest BCUT2D eigenvalue weighted by atomic mass is 16.5. The maximum atomic E-state index is 12.3. The van der Waals surface area contributed by atoms with E-state index in [-0.39, 0.29) is 17.5 Å². The van der Waals surface area contributed by atoms with Gasteiger partial charge in [-0.3, -0.25) is 19.6 Å². The standard InChI is InChI=1S/C26H26N4O5/c1-17(31)23(26(34)30-35)29-24(32)20-12-8-18(9-13-20)5-2-3-6-19-10-14-21(15-11-19)28-25(33)22-7-4-16-27-22/h8-15,17,22-23,27,31,35H,4,7,16H2,1H3,(H,28,33)(H,29,32)(H,30,34)/t17-,22?,23+/m1/s1. The molecule has 1 unspecified atom stereocenters. The number of aliphatic hydroxyl groups excluding tert-OH is 1. The molecule has 35 heavy (non-hydrogen) atoms. The zero-order valence-electron chi connectivity index (χ0n) is 19.1. The van der Waals surface area contributed by atoms with E-state index >= 15 is 0 Å². The molecule has 0 saturated carbocycles. The highest BCUT2D eigenvalue weighted by molar-refractivity contribution is 5.97. The molecule has 3 rings (SSSR count). The van der Waals surface area contributed by atoms with Gasteiger partial charge in [0, 0.05) is 22.4 Å². The van der Waals surface area contributed by atoms with Gasteiger partial charge in [0.25, 0.3) is 11.8 Å². The smallest absolute Gasteiger partial charge is 0.268 e. The summed E-state index contributed by atoms with van der Waals surface area (Å²) < 4.78 is 0. The largest absolute Gasteiger partial charge is 0.391 e. The molecule has 180 valence electrons. The maximum absolute atomic E-state index is 12.3. The molecule has 0 aliphatic carbocycles. The van der Waals surface area contributed by atoms with Crippen LogP contribution in [0.3, 0.4) is 0 Å². The van der Waals surface area contributed by atoms with E-state index < -0.39 is 24.0 Å². The average Bonchev–Trinajstić information content (AvgIpc) is 3.41. The molecule has 0 radical (unpaired) electrons. The Morgan fingerprint density at radius 2 is 1.60 bits per heavy atom. The van der Waals surface area contributed by atoms with Crippen molar-refractivity contribution in [2.75, 3.05) is 11.9 Å². The van der Waals surface area contributed by atoms with E-state index in [9.17, 15) is 19.5 Å². The Hall–Kier alpha value is -4.15. The van der Waals surface area contributed by atoms with Crippen molar-refractivity contribution in [3.8, 4) is 23.7 Å². The highest BCUT2D eigenvalue weighted by Gasteiger charge is 2.25. The van der Waals surface area contributed by atoms with Crippen molar-refractivity contribution in [2.24, 2.45) is 0 Å². The van der Waals surface area contributed by atoms with E-state index in [0.29, 0.717) is 11.3 Å². The molecule has 1 aliphatic rings. The van der Waals surface area contributed by atoms with Crippen molar-refractivity contribution in [1.29, 1.82) is 0 Å². The van der Waals surface area contributed by atoms with Gasteiger partial charge in [-0.25, -0.2) is 5.48 Å². The fourth-order valence-corrected chi connectivity index (χ4v) is 3.39. The lowest BCUT2D eigenvalue weighted by molar-refractivity contribution is -0.133. The molecule has 0 aromatic heterocycles. The van der Waals surface area contributed by atoms with Gasteiger partial charge in [-0.15, -0.1) is 0 Å². The van der Waals surface area contributed by atoms with Crippen molar-refractivity contribution in [3.05, 3.63) is 65.2 Å². The van der Waals surface area contributed by atoms with Crippen LogP contribution in [0.4, 0.5) is 5.69 Å². The molecule has 0 bridgehead atoms. The summed E-state index contributed by atoms with van der Waals surface area (Å²) in [6.45, 7) is 2.18. The first kappa shape index (κ1) is 25.5. The number of hydroxylamine groups is 1. The number of carbonyl (C=O) groups excluding carboxylic acids is 3. The molecule has 9 nitrogen and oxygen atoms in total. The number of benzene rings is 2. The van der Waals surface area contributed by atoms with Crippen LogP contribution in [-0.2, 0) is 9.59 Å². The number of aliphatic hydroxyl groups is 1. The average molecular weight is 475 g/mol. The number of amides is 3. The summed E-state index contributed by atoms with van der Waals surface area (Å²) >= 11 is 0. The molecule has 1 aliphatic heterocycles. The van der Waals surface area contributed by atoms with Crippen LogP contribution in [0.5, 0.6) is 0 Å². The Kier molecular flexibility index (Phi) is 8.99. The van der Waals surface area contributed by atoms with Crippen molar-refractivity contribution in [2.45, 2.75) is 38.0 Å². The third-order valence-corrected chi connectivity index (χ3v) is 5.31. The van der Waals surface area contributed by atoms with Crippen LogP contribution in [0.1, 0.15) is 41.3 Å². The monoisotopic (exact) mass is 474 g/mol. The van der Waals surface area contributed by atoms with Crippen LogP contribution in [0, 0.1) is 23.7 Å². The Morgan fingerprint density at radius 3 is 2.11 bits per heavy atom. The molecular weight excluding hydrogens is 448 g/mol. The van der Waals surface area contributed by atoms with E-state index in [4.69, 9.17) is 5.21 Å². The van der Waals surface area contributed by atoms with Gasteiger partial charge in [0.05, 0.1) is 12.1 Å². The van der Waals surface area contributed by atoms with Gasteiger partial charge in [0.1, 0.15) is 6.04 Å². The number of hydrogen-bond acceptors (Lipinski definition) is 6. The second-order valence-electron chi connectivity index (χ2n) is 7.96. The third kappa shape index (κ3) is 7.42. The fraction of sp³-hybridized carbons (Fsp3) is 0.269. The topological polar surface area (TPSA) is 140 Å². The SMILES string of the molecule is C[C@@H](O)[C@H](NC(=O)c1ccc(C#CC#Cc2ccc(NC(=O)C3CCCN3)cc2)cc1)C(=O)NO. The molecule has 9 heteroatoms. The minimum Gasteiger partial charge on any atom is -0.391 e. The van der Waals surface area contributed by atoms with Crippen LogP contribution in [0.15, 0.2) is 48.5 Å². The van der Waals surface area contributed by atoms with E-state index in [1.165, 1.54) is 24.5 Å². The van der Waals surface area contributed by atoms with Gasteiger partial charge >= 0.3 is 0 Å². The molecule has 6 N–H and O–H groups in total. The Bertz CT molecular complexity index is 1180. The summed E-state index contributed by atoms with van der Waals surface area (Å²) in [5.74, 6) is 9.79. The summed E-state index contributed by atoms with van der Waals surface area (Å²) in [5.41, 5.74) is 3.76. The molecule has 0 spiro atoms. The number of anilines is 1. The van der Waals surface area contributed by atoms with Gasteiger partial charge in [-0.1, -0.05) is 11.8 Å². The lowest BCUT2D eigenvalue weighted by Crippen LogP contribution is -2.51. The summed E-state index contributed by atoms with van der Waals surface area (Å²) in [6.07, 6.45) is 0.652. The van der Waals surface area contributed by atoms with Crippen molar-refractivity contribution in [3.63, 3.8) is 0 Å². The molecular formula is C26H26N4O5. The zero-order valence-corrected chi connectivity index (χ0v) is 19.1. The Labute approximate surface area is 203 Å². The van der Waals surface area contributed by atoms with Crippen LogP contribution < -0.4 is 21.4 Å². The summed E-state index contributed by atoms with van der Waals surface area (Å²) in [6, 6.07) is 12.1. The first-order valence-corrected chi connectivity index (χ1v) is 11.1. The molecule has 1 saturated heterocycles. The zero-order chi connectivity index (χ0) is 25.2. The van der Waals surface area contributed by atoms with E-state index in [1.54, 1.807) is 36.4 Å². The number of hydrogen-bond donors (Lipinski definition) is 6. The van der Waals surface area contributed by atoms with Gasteiger partial charge in [0.2, 0.25) is 5.91 Å². The lowest BCUT2D eigenvalue weighted by Gasteiger charge is -2.19. The van der Waals surface area contributed by atoms with Crippen molar-refractivity contribution in [1.82, 2.24) is 16.1 Å². The van der Waals surface area contributed by atoms with Crippen molar-refractivity contribution >= 4 is 23.4 Å². The second-order valence-corrected chi connectivity index (χ2v) is 7.96. The molecule has 1 heterocycles. The van der Waals surface area contributed by atoms with Crippen LogP contribution in [0.2, 0.25) is 0 Å². The minimum atomic E-state index is -1.29. The molecule has 1 fully saturated rings. The third-order valence-electron chi connectivity index (χ3n) is 5.31. The fourth-order valence-electron chi connectivity index (χ4n) is 3.39. The molecule has 3 atom stereocenters. The highest BCUT2D eigenvalue weighted by Crippen LogP contribution is 2.12. The second kappa shape index (κ2) is 12.4. The molecule has 2 aromatic rings. The van der Waals surface area contributed by atoms with Gasteiger partial charge < -0.3 is 21.1 Å². The summed E-state index contributed by atoms with van der Waals surface area (Å²) in [4.78, 5) is 36.0. The van der Waals surface area contributed by atoms with Gasteiger partial charge in [-0.05, 0) is 86.7 Å². The number of carbonyl (C=O) groups is 3. The number of rotatable bonds is 6. The van der Waals surface area contributed by atoms with E-state index in [1.807, 2.05) is 0 Å². The predicted molar refractivity (Wildman–Crippen MR) is 129 cm³/mol. The van der Waals surface area contributed by atoms with Gasteiger partial charge in [0.15, 0.2) is 0 Å². The van der Waals surface area contributed by atoms with Crippen LogP contribution in [0.25, 0.3) is 0 Å². The summed E-state index contributed by atoms with van der Waals surface area (Å²) in [5, 5.41) is 26.7. The first-order valence-electron chi connectivity index (χ1n) is 11.1. The minimum absolute atomic E-state index is 0.0332. The molecule has 2 aromatic carbocycles. The van der Waals surface area contributed by atoms with Crippen LogP contribution >= 0.6 is 0 Å². The Morgan fingerprint density at radius 1 is 1.00 bits per heavy atom. The van der Waals surface area contributed by atoms with Crippen LogP contribution in [-0.4, -0.2) is 52.8 Å². The number of nitrogens with one attached hydrogen (secondary N) is 4.